The summed E-state index contributed by atoms with van der Waals surface area (Å²) in [5, 5.41) is 19.6. The number of azo groups is 2. The molecule has 0 amide bonds. The van der Waals surface area contributed by atoms with Gasteiger partial charge in [0.15, 0.2) is 0 Å². The van der Waals surface area contributed by atoms with Crippen molar-refractivity contribution < 1.29 is 0 Å². The molecule has 0 aromatic heterocycles. The highest BCUT2D eigenvalue weighted by molar-refractivity contribution is 5.94. The van der Waals surface area contributed by atoms with Crippen LogP contribution in [0, 0.1) is 6.92 Å². The molecule has 0 aliphatic heterocycles. The van der Waals surface area contributed by atoms with Crippen LogP contribution in [0.5, 0.6) is 0 Å². The molecule has 4 nitrogen and oxygen atoms in total. The standard InChI is InChI=1S/C25H20N4/c1-3-19-9-11-20(12-10-19)26-27-21-13-15-22(16-14-21)28-29-25-17-8-18(2)23-6-4-5-7-24(23)25/h3-17H,1H2,2H3. The van der Waals surface area contributed by atoms with E-state index in [4.69, 9.17) is 0 Å². The van der Waals surface area contributed by atoms with Crippen LogP contribution in [-0.2, 0) is 0 Å². The third-order valence-electron chi connectivity index (χ3n) is 4.65. The Labute approximate surface area is 170 Å². The van der Waals surface area contributed by atoms with Crippen LogP contribution < -0.4 is 0 Å². The lowest BCUT2D eigenvalue weighted by molar-refractivity contribution is 1.21. The highest BCUT2D eigenvalue weighted by atomic mass is 15.1. The zero-order chi connectivity index (χ0) is 20.1. The summed E-state index contributed by atoms with van der Waals surface area (Å²) in [6.07, 6.45) is 1.80. The number of fused-ring (bicyclic) bond motifs is 1. The molecule has 0 N–H and O–H groups in total. The largest absolute Gasteiger partial charge is 0.151 e. The van der Waals surface area contributed by atoms with E-state index >= 15 is 0 Å². The quantitative estimate of drug-likeness (QED) is 0.313. The van der Waals surface area contributed by atoms with E-state index in [-0.39, 0.29) is 0 Å². The molecular weight excluding hydrogens is 356 g/mol. The van der Waals surface area contributed by atoms with Gasteiger partial charge >= 0.3 is 0 Å². The Balaban J connectivity index is 1.50. The fraction of sp³-hybridized carbons (Fsp3) is 0.0400. The number of rotatable bonds is 5. The second kappa shape index (κ2) is 8.40. The van der Waals surface area contributed by atoms with Crippen molar-refractivity contribution in [3.05, 3.63) is 103 Å². The van der Waals surface area contributed by atoms with E-state index in [1.165, 1.54) is 10.9 Å². The number of hydrogen-bond donors (Lipinski definition) is 0. The summed E-state index contributed by atoms with van der Waals surface area (Å²) in [6.45, 7) is 5.85. The van der Waals surface area contributed by atoms with Crippen molar-refractivity contribution in [3.63, 3.8) is 0 Å². The topological polar surface area (TPSA) is 49.4 Å². The van der Waals surface area contributed by atoms with Crippen molar-refractivity contribution in [3.8, 4) is 0 Å². The third kappa shape index (κ3) is 4.33. The van der Waals surface area contributed by atoms with Crippen molar-refractivity contribution in [2.75, 3.05) is 0 Å². The van der Waals surface area contributed by atoms with Crippen molar-refractivity contribution in [1.82, 2.24) is 0 Å². The predicted octanol–water partition coefficient (Wildman–Crippen LogP) is 8.62. The van der Waals surface area contributed by atoms with E-state index in [0.717, 1.165) is 33.7 Å². The molecule has 4 aromatic rings. The van der Waals surface area contributed by atoms with E-state index in [1.54, 1.807) is 6.08 Å². The van der Waals surface area contributed by atoms with Crippen LogP contribution in [-0.4, -0.2) is 0 Å². The summed E-state index contributed by atoms with van der Waals surface area (Å²) >= 11 is 0. The zero-order valence-corrected chi connectivity index (χ0v) is 16.2. The second-order valence-corrected chi connectivity index (χ2v) is 6.66. The highest BCUT2D eigenvalue weighted by Crippen LogP contribution is 2.30. The summed E-state index contributed by atoms with van der Waals surface area (Å²) in [7, 11) is 0. The van der Waals surface area contributed by atoms with E-state index in [9.17, 15) is 0 Å². The number of benzene rings is 4. The third-order valence-corrected chi connectivity index (χ3v) is 4.65. The summed E-state index contributed by atoms with van der Waals surface area (Å²) in [5.41, 5.74) is 5.47. The lowest BCUT2D eigenvalue weighted by Crippen LogP contribution is -1.78. The van der Waals surface area contributed by atoms with Crippen LogP contribution >= 0.6 is 0 Å². The molecule has 0 bridgehead atoms. The molecule has 0 radical (unpaired) electrons. The molecule has 4 rings (SSSR count). The second-order valence-electron chi connectivity index (χ2n) is 6.66. The number of hydrogen-bond acceptors (Lipinski definition) is 4. The normalized spacial score (nSPS) is 11.5. The molecule has 0 saturated heterocycles. The maximum Gasteiger partial charge on any atom is 0.0935 e. The molecule has 0 aliphatic carbocycles. The Bertz CT molecular complexity index is 1200. The Kier molecular flexibility index (Phi) is 5.34. The van der Waals surface area contributed by atoms with Crippen molar-refractivity contribution >= 4 is 39.6 Å². The maximum atomic E-state index is 4.45. The van der Waals surface area contributed by atoms with Crippen molar-refractivity contribution in [2.24, 2.45) is 20.5 Å². The molecule has 0 heterocycles. The molecule has 0 atom stereocenters. The molecule has 0 spiro atoms. The monoisotopic (exact) mass is 376 g/mol. The fourth-order valence-corrected chi connectivity index (χ4v) is 3.01. The van der Waals surface area contributed by atoms with Crippen LogP contribution in [0.2, 0.25) is 0 Å². The first kappa shape index (κ1) is 18.4. The summed E-state index contributed by atoms with van der Waals surface area (Å²) in [5.74, 6) is 0. The van der Waals surface area contributed by atoms with E-state index < -0.39 is 0 Å². The molecule has 29 heavy (non-hydrogen) atoms. The van der Waals surface area contributed by atoms with Crippen LogP contribution in [0.3, 0.4) is 0 Å². The Morgan fingerprint density at radius 3 is 1.69 bits per heavy atom. The summed E-state index contributed by atoms with van der Waals surface area (Å²) < 4.78 is 0. The van der Waals surface area contributed by atoms with Gasteiger partial charge in [-0.1, -0.05) is 55.1 Å². The molecule has 0 fully saturated rings. The minimum Gasteiger partial charge on any atom is -0.151 e. The Morgan fingerprint density at radius 1 is 0.586 bits per heavy atom. The average Bonchev–Trinajstić information content (AvgIpc) is 2.78. The molecular formula is C25H20N4. The maximum absolute atomic E-state index is 4.45. The SMILES string of the molecule is C=Cc1ccc(N=Nc2ccc(N=Nc3ccc(C)c4ccccc34)cc2)cc1. The molecule has 0 unspecified atom stereocenters. The highest BCUT2D eigenvalue weighted by Gasteiger charge is 2.02. The van der Waals surface area contributed by atoms with Gasteiger partial charge in [-0.2, -0.15) is 15.3 Å². The first-order valence-corrected chi connectivity index (χ1v) is 9.37. The van der Waals surface area contributed by atoms with Gasteiger partial charge in [0.1, 0.15) is 0 Å². The van der Waals surface area contributed by atoms with E-state index in [1.807, 2.05) is 66.7 Å². The van der Waals surface area contributed by atoms with Gasteiger partial charge in [0, 0.05) is 5.39 Å². The van der Waals surface area contributed by atoms with Gasteiger partial charge in [-0.15, -0.1) is 5.11 Å². The lowest BCUT2D eigenvalue weighted by Gasteiger charge is -2.04. The van der Waals surface area contributed by atoms with Crippen molar-refractivity contribution in [2.45, 2.75) is 6.92 Å². The van der Waals surface area contributed by atoms with Gasteiger partial charge in [0.05, 0.1) is 22.7 Å². The van der Waals surface area contributed by atoms with Crippen LogP contribution in [0.1, 0.15) is 11.1 Å². The predicted molar refractivity (Wildman–Crippen MR) is 120 cm³/mol. The van der Waals surface area contributed by atoms with Gasteiger partial charge in [0.25, 0.3) is 0 Å². The van der Waals surface area contributed by atoms with Crippen molar-refractivity contribution in [1.29, 1.82) is 0 Å². The summed E-state index contributed by atoms with van der Waals surface area (Å²) in [4.78, 5) is 0. The van der Waals surface area contributed by atoms with Gasteiger partial charge in [-0.25, -0.2) is 0 Å². The van der Waals surface area contributed by atoms with Crippen LogP contribution in [0.4, 0.5) is 22.7 Å². The van der Waals surface area contributed by atoms with Crippen LogP contribution in [0.25, 0.3) is 16.8 Å². The van der Waals surface area contributed by atoms with E-state index in [0.29, 0.717) is 0 Å². The number of aryl methyl sites for hydroxylation is 1. The van der Waals surface area contributed by atoms with Gasteiger partial charge in [-0.05, 0) is 65.9 Å². The fourth-order valence-electron chi connectivity index (χ4n) is 3.01. The van der Waals surface area contributed by atoms with Crippen LogP contribution in [0.15, 0.2) is 112 Å². The Hall–Kier alpha value is -3.92. The average molecular weight is 376 g/mol. The minimum atomic E-state index is 0.762. The van der Waals surface area contributed by atoms with Gasteiger partial charge in [-0.3, -0.25) is 0 Å². The molecule has 4 heteroatoms. The summed E-state index contributed by atoms with van der Waals surface area (Å²) in [6, 6.07) is 27.6. The first-order chi connectivity index (χ1) is 14.2. The minimum absolute atomic E-state index is 0.762. The first-order valence-electron chi connectivity index (χ1n) is 9.37. The number of nitrogens with zero attached hydrogens (tertiary/aromatic N) is 4. The molecule has 140 valence electrons. The lowest BCUT2D eigenvalue weighted by atomic mass is 10.0. The molecule has 0 aliphatic rings. The molecule has 0 saturated carbocycles. The van der Waals surface area contributed by atoms with Gasteiger partial charge in [0.2, 0.25) is 0 Å². The Morgan fingerprint density at radius 2 is 1.10 bits per heavy atom. The van der Waals surface area contributed by atoms with Gasteiger partial charge < -0.3 is 0 Å². The van der Waals surface area contributed by atoms with E-state index in [2.05, 4.69) is 52.2 Å². The smallest absolute Gasteiger partial charge is 0.0935 e. The zero-order valence-electron chi connectivity index (χ0n) is 16.2. The molecule has 4 aromatic carbocycles.